The van der Waals surface area contributed by atoms with Gasteiger partial charge in [0, 0.05) is 0 Å². The van der Waals surface area contributed by atoms with Gasteiger partial charge in [-0.15, -0.1) is 0 Å². The van der Waals surface area contributed by atoms with Crippen LogP contribution in [0.2, 0.25) is 0 Å². The van der Waals surface area contributed by atoms with E-state index >= 15 is 0 Å². The van der Waals surface area contributed by atoms with E-state index in [2.05, 4.69) is 6.92 Å². The summed E-state index contributed by atoms with van der Waals surface area (Å²) in [5.74, 6) is 0.0585. The molecule has 2 aliphatic rings. The summed E-state index contributed by atoms with van der Waals surface area (Å²) < 4.78 is 29.0. The molecule has 27 heavy (non-hydrogen) atoms. The Balaban J connectivity index is 1.60. The molecule has 5 unspecified atom stereocenters. The van der Waals surface area contributed by atoms with Crippen LogP contribution in [0.1, 0.15) is 39.2 Å². The molecule has 152 valence electrons. The lowest BCUT2D eigenvalue weighted by atomic mass is 10.1. The van der Waals surface area contributed by atoms with E-state index in [0.717, 1.165) is 24.2 Å². The third kappa shape index (κ3) is 4.99. The van der Waals surface area contributed by atoms with E-state index < -0.39 is 43.1 Å². The van der Waals surface area contributed by atoms with E-state index in [1.165, 1.54) is 0 Å². The van der Waals surface area contributed by atoms with Crippen molar-refractivity contribution >= 4 is 0 Å². The van der Waals surface area contributed by atoms with Crippen molar-refractivity contribution in [2.45, 2.75) is 76.7 Å². The van der Waals surface area contributed by atoms with E-state index in [1.807, 2.05) is 24.3 Å². The molecule has 3 rings (SSSR count). The predicted octanol–water partition coefficient (Wildman–Crippen LogP) is 1.98. The summed E-state index contributed by atoms with van der Waals surface area (Å²) in [6.07, 6.45) is -1.26. The molecule has 1 aromatic carbocycles. The topological polar surface area (TPSA) is 86.6 Å². The molecule has 5 atom stereocenters. The van der Waals surface area contributed by atoms with Crippen LogP contribution >= 0.6 is 0 Å². The van der Waals surface area contributed by atoms with Crippen LogP contribution in [-0.2, 0) is 25.6 Å². The molecular weight excluding hydrogens is 352 g/mol. The van der Waals surface area contributed by atoms with Gasteiger partial charge in [-0.1, -0.05) is 25.5 Å². The number of fused-ring (bicyclic) bond motifs is 1. The monoisotopic (exact) mass is 382 g/mol. The lowest BCUT2D eigenvalue weighted by molar-refractivity contribution is -0.232. The highest BCUT2D eigenvalue weighted by Gasteiger charge is 2.56. The number of benzene rings is 1. The second-order valence-electron chi connectivity index (χ2n) is 7.44. The summed E-state index contributed by atoms with van der Waals surface area (Å²) in [7, 11) is 0. The molecule has 2 saturated heterocycles. The lowest BCUT2D eigenvalue weighted by Crippen LogP contribution is -2.44. The Bertz CT molecular complexity index is 588. The SMILES string of the molecule is CCCCOc1ccc(COC2C(C(O)CO)OC3OC(C)(C)OC32)cc1. The Morgan fingerprint density at radius 1 is 1.19 bits per heavy atom. The predicted molar refractivity (Wildman–Crippen MR) is 97.2 cm³/mol. The second-order valence-corrected chi connectivity index (χ2v) is 7.44. The van der Waals surface area contributed by atoms with Crippen LogP contribution in [0.15, 0.2) is 24.3 Å². The van der Waals surface area contributed by atoms with Crippen molar-refractivity contribution in [3.63, 3.8) is 0 Å². The maximum atomic E-state index is 10.1. The molecular formula is C20H30O7. The van der Waals surface area contributed by atoms with Gasteiger partial charge in [0.25, 0.3) is 0 Å². The number of hydrogen-bond donors (Lipinski definition) is 2. The molecule has 2 heterocycles. The van der Waals surface area contributed by atoms with E-state index in [-0.39, 0.29) is 0 Å². The van der Waals surface area contributed by atoms with Gasteiger partial charge in [0.15, 0.2) is 12.1 Å². The Hall–Kier alpha value is -1.22. The fourth-order valence-electron chi connectivity index (χ4n) is 3.32. The summed E-state index contributed by atoms with van der Waals surface area (Å²) in [5.41, 5.74) is 0.969. The van der Waals surface area contributed by atoms with Gasteiger partial charge < -0.3 is 33.9 Å². The fraction of sp³-hybridized carbons (Fsp3) is 0.700. The highest BCUT2D eigenvalue weighted by molar-refractivity contribution is 5.26. The number of rotatable bonds is 9. The van der Waals surface area contributed by atoms with Gasteiger partial charge in [-0.3, -0.25) is 0 Å². The Kier molecular flexibility index (Phi) is 6.73. The number of unbranched alkanes of at least 4 members (excludes halogenated alkanes) is 1. The first-order valence-electron chi connectivity index (χ1n) is 9.57. The summed E-state index contributed by atoms with van der Waals surface area (Å²) in [6.45, 7) is 6.36. The van der Waals surface area contributed by atoms with Crippen molar-refractivity contribution in [3.8, 4) is 5.75 Å². The van der Waals surface area contributed by atoms with Gasteiger partial charge >= 0.3 is 0 Å². The maximum Gasteiger partial charge on any atom is 0.190 e. The zero-order valence-corrected chi connectivity index (χ0v) is 16.2. The highest BCUT2D eigenvalue weighted by atomic mass is 16.8. The molecule has 2 aliphatic heterocycles. The first-order valence-corrected chi connectivity index (χ1v) is 9.57. The van der Waals surface area contributed by atoms with Gasteiger partial charge in [0.05, 0.1) is 19.8 Å². The number of ether oxygens (including phenoxy) is 5. The zero-order chi connectivity index (χ0) is 19.4. The van der Waals surface area contributed by atoms with Crippen LogP contribution in [0.5, 0.6) is 5.75 Å². The Labute approximate surface area is 160 Å². The van der Waals surface area contributed by atoms with Gasteiger partial charge in [-0.2, -0.15) is 0 Å². The molecule has 0 amide bonds. The van der Waals surface area contributed by atoms with Crippen molar-refractivity contribution in [3.05, 3.63) is 29.8 Å². The van der Waals surface area contributed by atoms with Crippen molar-refractivity contribution in [1.82, 2.24) is 0 Å². The minimum atomic E-state index is -1.06. The molecule has 0 saturated carbocycles. The summed E-state index contributed by atoms with van der Waals surface area (Å²) in [4.78, 5) is 0. The van der Waals surface area contributed by atoms with E-state index in [4.69, 9.17) is 23.7 Å². The van der Waals surface area contributed by atoms with Crippen LogP contribution in [0.3, 0.4) is 0 Å². The smallest absolute Gasteiger partial charge is 0.190 e. The second kappa shape index (κ2) is 8.86. The van der Waals surface area contributed by atoms with Crippen LogP contribution < -0.4 is 4.74 Å². The number of aliphatic hydroxyl groups excluding tert-OH is 2. The number of aliphatic hydroxyl groups is 2. The van der Waals surface area contributed by atoms with Gasteiger partial charge in [0.1, 0.15) is 30.2 Å². The molecule has 0 spiro atoms. The lowest BCUT2D eigenvalue weighted by Gasteiger charge is -2.28. The van der Waals surface area contributed by atoms with Crippen molar-refractivity contribution in [1.29, 1.82) is 0 Å². The largest absolute Gasteiger partial charge is 0.494 e. The first-order chi connectivity index (χ1) is 12.9. The number of hydrogen-bond acceptors (Lipinski definition) is 7. The van der Waals surface area contributed by atoms with Crippen LogP contribution in [0, 0.1) is 0 Å². The van der Waals surface area contributed by atoms with E-state index in [1.54, 1.807) is 13.8 Å². The zero-order valence-electron chi connectivity index (χ0n) is 16.2. The highest BCUT2D eigenvalue weighted by Crippen LogP contribution is 2.39. The van der Waals surface area contributed by atoms with Gasteiger partial charge in [0.2, 0.25) is 0 Å². The van der Waals surface area contributed by atoms with Crippen molar-refractivity contribution in [2.75, 3.05) is 13.2 Å². The average Bonchev–Trinajstić information content (AvgIpc) is 3.12. The summed E-state index contributed by atoms with van der Waals surface area (Å²) in [5, 5.41) is 19.4. The minimum absolute atomic E-state index is 0.324. The van der Waals surface area contributed by atoms with Gasteiger partial charge in [-0.25, -0.2) is 0 Å². The molecule has 0 aromatic heterocycles. The Morgan fingerprint density at radius 3 is 2.59 bits per heavy atom. The van der Waals surface area contributed by atoms with E-state index in [9.17, 15) is 10.2 Å². The molecule has 2 fully saturated rings. The quantitative estimate of drug-likeness (QED) is 0.632. The molecule has 0 aliphatic carbocycles. The van der Waals surface area contributed by atoms with Crippen LogP contribution in [0.25, 0.3) is 0 Å². The first kappa shape index (κ1) is 20.5. The van der Waals surface area contributed by atoms with Crippen LogP contribution in [0.4, 0.5) is 0 Å². The normalized spacial score (nSPS) is 30.3. The molecule has 0 bridgehead atoms. The third-order valence-electron chi connectivity index (χ3n) is 4.73. The molecule has 7 heteroatoms. The molecule has 1 aromatic rings. The van der Waals surface area contributed by atoms with Crippen molar-refractivity contribution in [2.24, 2.45) is 0 Å². The standard InChI is InChI=1S/C20H30O7/c1-4-5-10-23-14-8-6-13(7-9-14)12-24-17-16(15(22)11-21)25-19-18(17)26-20(2,3)27-19/h6-9,15-19,21-22H,4-5,10-12H2,1-3H3. The fourth-order valence-corrected chi connectivity index (χ4v) is 3.32. The van der Waals surface area contributed by atoms with E-state index in [0.29, 0.717) is 13.2 Å². The minimum Gasteiger partial charge on any atom is -0.494 e. The average molecular weight is 382 g/mol. The summed E-state index contributed by atoms with van der Waals surface area (Å²) in [6, 6.07) is 7.73. The van der Waals surface area contributed by atoms with Crippen LogP contribution in [-0.4, -0.2) is 59.9 Å². The van der Waals surface area contributed by atoms with Gasteiger partial charge in [-0.05, 0) is 38.0 Å². The summed E-state index contributed by atoms with van der Waals surface area (Å²) >= 11 is 0. The molecule has 0 radical (unpaired) electrons. The molecule has 2 N–H and O–H groups in total. The van der Waals surface area contributed by atoms with Crippen molar-refractivity contribution < 1.29 is 33.9 Å². The third-order valence-corrected chi connectivity index (χ3v) is 4.73. The Morgan fingerprint density at radius 2 is 1.93 bits per heavy atom. The molecule has 7 nitrogen and oxygen atoms in total. The maximum absolute atomic E-state index is 10.1.